The van der Waals surface area contributed by atoms with Gasteiger partial charge in [-0.1, -0.05) is 59.8 Å². The third kappa shape index (κ3) is 4.94. The third-order valence-electron chi connectivity index (χ3n) is 5.97. The van der Waals surface area contributed by atoms with E-state index in [1.165, 1.54) is 30.7 Å². The van der Waals surface area contributed by atoms with Gasteiger partial charge in [0.05, 0.1) is 12.8 Å². The molecule has 0 amide bonds. The number of methoxy groups -OCH3 is 1. The van der Waals surface area contributed by atoms with Gasteiger partial charge in [-0.15, -0.1) is 0 Å². The molecule has 1 aliphatic rings. The molecule has 1 unspecified atom stereocenters. The van der Waals surface area contributed by atoms with E-state index in [9.17, 15) is 4.79 Å². The third-order valence-corrected chi connectivity index (χ3v) is 5.97. The fraction of sp³-hybridized carbons (Fsp3) is 0.308. The quantitative estimate of drug-likeness (QED) is 0.391. The zero-order valence-electron chi connectivity index (χ0n) is 18.1. The summed E-state index contributed by atoms with van der Waals surface area (Å²) in [6.07, 6.45) is 6.49. The summed E-state index contributed by atoms with van der Waals surface area (Å²) in [6.45, 7) is 4.09. The maximum atomic E-state index is 11.3. The second-order valence-corrected chi connectivity index (χ2v) is 7.91. The second-order valence-electron chi connectivity index (χ2n) is 7.91. The molecular formula is C26H28N2O3. The lowest BCUT2D eigenvalue weighted by Crippen LogP contribution is -2.26. The van der Waals surface area contributed by atoms with Crippen LogP contribution in [0, 0.1) is 6.92 Å². The number of aryl methyl sites for hydroxylation is 1. The van der Waals surface area contributed by atoms with Crippen LogP contribution >= 0.6 is 0 Å². The van der Waals surface area contributed by atoms with Gasteiger partial charge in [0.25, 0.3) is 0 Å². The van der Waals surface area contributed by atoms with Crippen molar-refractivity contribution in [2.75, 3.05) is 20.2 Å². The maximum Gasteiger partial charge on any atom is 0.330 e. The Bertz CT molecular complexity index is 1040. The van der Waals surface area contributed by atoms with Crippen molar-refractivity contribution in [2.24, 2.45) is 0 Å². The summed E-state index contributed by atoms with van der Waals surface area (Å²) in [6, 6.07) is 19.1. The molecule has 2 aromatic carbocycles. The highest BCUT2D eigenvalue weighted by molar-refractivity contribution is 5.86. The minimum Gasteiger partial charge on any atom is -0.466 e. The van der Waals surface area contributed by atoms with Gasteiger partial charge >= 0.3 is 5.97 Å². The molecule has 2 heterocycles. The topological polar surface area (TPSA) is 55.6 Å². The Morgan fingerprint density at radius 1 is 1.19 bits per heavy atom. The zero-order chi connectivity index (χ0) is 21.6. The number of carbonyl (C=O) groups excluding carboxylic acids is 1. The van der Waals surface area contributed by atoms with Crippen LogP contribution in [0.4, 0.5) is 0 Å². The predicted molar refractivity (Wildman–Crippen MR) is 121 cm³/mol. The summed E-state index contributed by atoms with van der Waals surface area (Å²) < 4.78 is 10.3. The van der Waals surface area contributed by atoms with Crippen molar-refractivity contribution in [1.82, 2.24) is 10.1 Å². The molecule has 4 rings (SSSR count). The first kappa shape index (κ1) is 21.1. The molecule has 160 valence electrons. The van der Waals surface area contributed by atoms with E-state index >= 15 is 0 Å². The highest BCUT2D eigenvalue weighted by Gasteiger charge is 2.26. The first-order valence-electron chi connectivity index (χ1n) is 10.8. The lowest BCUT2D eigenvalue weighted by Gasteiger charge is -2.25. The maximum absolute atomic E-state index is 11.3. The molecule has 1 fully saturated rings. The number of rotatable bonds is 7. The Morgan fingerprint density at radius 3 is 2.71 bits per heavy atom. The van der Waals surface area contributed by atoms with Gasteiger partial charge in [-0.25, -0.2) is 4.79 Å². The van der Waals surface area contributed by atoms with Crippen molar-refractivity contribution >= 4 is 12.0 Å². The van der Waals surface area contributed by atoms with Crippen LogP contribution in [-0.4, -0.2) is 36.2 Å². The van der Waals surface area contributed by atoms with Crippen LogP contribution in [0.5, 0.6) is 0 Å². The molecule has 0 spiro atoms. The number of hydrogen-bond donors (Lipinski definition) is 0. The van der Waals surface area contributed by atoms with E-state index < -0.39 is 0 Å². The predicted octanol–water partition coefficient (Wildman–Crippen LogP) is 5.22. The monoisotopic (exact) mass is 416 g/mol. The van der Waals surface area contributed by atoms with Crippen LogP contribution < -0.4 is 0 Å². The first-order valence-corrected chi connectivity index (χ1v) is 10.8. The van der Waals surface area contributed by atoms with Gasteiger partial charge in [-0.05, 0) is 49.9 Å². The summed E-state index contributed by atoms with van der Waals surface area (Å²) in [7, 11) is 1.38. The van der Waals surface area contributed by atoms with Crippen molar-refractivity contribution in [3.8, 4) is 11.3 Å². The van der Waals surface area contributed by atoms with Crippen molar-refractivity contribution in [3.63, 3.8) is 0 Å². The van der Waals surface area contributed by atoms with E-state index in [-0.39, 0.29) is 5.97 Å². The Kier molecular flexibility index (Phi) is 6.63. The van der Waals surface area contributed by atoms with E-state index in [0.717, 1.165) is 48.5 Å². The van der Waals surface area contributed by atoms with E-state index in [1.807, 2.05) is 25.1 Å². The molecule has 1 atom stereocenters. The molecule has 0 saturated carbocycles. The molecule has 31 heavy (non-hydrogen) atoms. The van der Waals surface area contributed by atoms with Gasteiger partial charge in [0.2, 0.25) is 0 Å². The van der Waals surface area contributed by atoms with Crippen LogP contribution in [0.2, 0.25) is 0 Å². The fourth-order valence-corrected chi connectivity index (χ4v) is 4.29. The van der Waals surface area contributed by atoms with Gasteiger partial charge in [-0.3, -0.25) is 4.90 Å². The number of hydrogen-bond acceptors (Lipinski definition) is 5. The Hall–Kier alpha value is -3.18. The molecule has 0 aliphatic carbocycles. The second kappa shape index (κ2) is 9.75. The lowest BCUT2D eigenvalue weighted by atomic mass is 10.0. The molecule has 3 aromatic rings. The molecule has 5 nitrogen and oxygen atoms in total. The van der Waals surface area contributed by atoms with Crippen molar-refractivity contribution in [2.45, 2.75) is 32.2 Å². The number of aromatic nitrogens is 1. The standard InChI is InChI=1S/C26H28N2O3/c1-19-23(26(31-27-19)22-7-4-3-5-8-22)16-18-28-17-6-9-24(28)21-13-10-20(11-14-21)12-15-25(29)30-2/h3-5,7-8,10-15,24H,6,9,16-18H2,1-2H3/b15-12+. The SMILES string of the molecule is COC(=O)/C=C/c1ccc(C2CCCN2CCc2c(C)noc2-c2ccccc2)cc1. The molecule has 0 N–H and O–H groups in total. The summed E-state index contributed by atoms with van der Waals surface area (Å²) in [4.78, 5) is 13.8. The van der Waals surface area contributed by atoms with E-state index in [0.29, 0.717) is 6.04 Å². The highest BCUT2D eigenvalue weighted by atomic mass is 16.5. The highest BCUT2D eigenvalue weighted by Crippen LogP contribution is 2.33. The van der Waals surface area contributed by atoms with Gasteiger partial charge < -0.3 is 9.26 Å². The first-order chi connectivity index (χ1) is 15.2. The van der Waals surface area contributed by atoms with Gasteiger partial charge in [0.1, 0.15) is 0 Å². The number of nitrogens with zero attached hydrogens (tertiary/aromatic N) is 2. The minimum absolute atomic E-state index is 0.343. The van der Waals surface area contributed by atoms with Crippen molar-refractivity contribution < 1.29 is 14.1 Å². The summed E-state index contributed by atoms with van der Waals surface area (Å²) in [5.41, 5.74) is 5.55. The molecule has 0 radical (unpaired) electrons. The van der Waals surface area contributed by atoms with E-state index in [2.05, 4.69) is 51.2 Å². The average molecular weight is 417 g/mol. The zero-order valence-corrected chi connectivity index (χ0v) is 18.1. The van der Waals surface area contributed by atoms with Crippen LogP contribution in [0.15, 0.2) is 65.2 Å². The number of benzene rings is 2. The fourth-order valence-electron chi connectivity index (χ4n) is 4.29. The van der Waals surface area contributed by atoms with Gasteiger partial charge in [-0.2, -0.15) is 0 Å². The van der Waals surface area contributed by atoms with Crippen LogP contribution in [0.1, 0.15) is 41.3 Å². The average Bonchev–Trinajstić information content (AvgIpc) is 3.43. The van der Waals surface area contributed by atoms with E-state index in [1.54, 1.807) is 6.08 Å². The van der Waals surface area contributed by atoms with Crippen LogP contribution in [0.25, 0.3) is 17.4 Å². The summed E-state index contributed by atoms with van der Waals surface area (Å²) >= 11 is 0. The minimum atomic E-state index is -0.343. The lowest BCUT2D eigenvalue weighted by molar-refractivity contribution is -0.134. The largest absolute Gasteiger partial charge is 0.466 e. The number of ether oxygens (including phenoxy) is 1. The molecule has 1 aliphatic heterocycles. The summed E-state index contributed by atoms with van der Waals surface area (Å²) in [5, 5.41) is 4.23. The molecule has 5 heteroatoms. The molecular weight excluding hydrogens is 388 g/mol. The molecule has 1 aromatic heterocycles. The smallest absolute Gasteiger partial charge is 0.330 e. The van der Waals surface area contributed by atoms with Gasteiger partial charge in [0.15, 0.2) is 5.76 Å². The Balaban J connectivity index is 1.44. The molecule has 1 saturated heterocycles. The van der Waals surface area contributed by atoms with Gasteiger partial charge in [0, 0.05) is 29.8 Å². The normalized spacial score (nSPS) is 16.8. The summed E-state index contributed by atoms with van der Waals surface area (Å²) in [5.74, 6) is 0.542. The Labute approximate surface area is 183 Å². The van der Waals surface area contributed by atoms with Crippen LogP contribution in [0.3, 0.4) is 0 Å². The number of carbonyl (C=O) groups is 1. The Morgan fingerprint density at radius 2 is 1.97 bits per heavy atom. The van der Waals surface area contributed by atoms with Crippen molar-refractivity contribution in [3.05, 3.63) is 83.1 Å². The number of esters is 1. The van der Waals surface area contributed by atoms with E-state index in [4.69, 9.17) is 4.52 Å². The van der Waals surface area contributed by atoms with Crippen LogP contribution in [-0.2, 0) is 16.0 Å². The molecule has 0 bridgehead atoms. The number of likely N-dealkylation sites (tertiary alicyclic amines) is 1. The van der Waals surface area contributed by atoms with Crippen molar-refractivity contribution in [1.29, 1.82) is 0 Å².